The third-order valence-corrected chi connectivity index (χ3v) is 1.59. The predicted molar refractivity (Wildman–Crippen MR) is 31.8 cm³/mol. The van der Waals surface area contributed by atoms with Gasteiger partial charge in [0.25, 0.3) is 0 Å². The van der Waals surface area contributed by atoms with Crippen molar-refractivity contribution in [2.45, 2.75) is 6.10 Å². The van der Waals surface area contributed by atoms with Crippen LogP contribution in [0, 0.1) is 5.94 Å². The van der Waals surface area contributed by atoms with Crippen molar-refractivity contribution in [3.05, 3.63) is 18.6 Å². The van der Waals surface area contributed by atoms with Crippen LogP contribution in [-0.2, 0) is 4.74 Å². The van der Waals surface area contributed by atoms with Crippen LogP contribution < -0.4 is 0 Å². The quantitative estimate of drug-likeness (QED) is 0.478. The summed E-state index contributed by atoms with van der Waals surface area (Å²) in [6.07, 6.45) is 2.08. The van der Waals surface area contributed by atoms with E-state index < -0.39 is 0 Å². The third kappa shape index (κ3) is 1.21. The summed E-state index contributed by atoms with van der Waals surface area (Å²) in [6.45, 7) is 3.58. The van der Waals surface area contributed by atoms with E-state index in [0.717, 1.165) is 5.75 Å². The van der Waals surface area contributed by atoms with Gasteiger partial charge in [-0.3, -0.25) is 0 Å². The Morgan fingerprint density at radius 2 is 2.86 bits per heavy atom. The second-order valence-corrected chi connectivity index (χ2v) is 2.20. The maximum Gasteiger partial charge on any atom is 0.139 e. The predicted octanol–water partition coefficient (Wildman–Crippen LogP) is 1.42. The van der Waals surface area contributed by atoms with E-state index in [1.54, 1.807) is 17.7 Å². The monoisotopic (exact) mass is 115 g/mol. The van der Waals surface area contributed by atoms with Crippen molar-refractivity contribution in [3.63, 3.8) is 0 Å². The molecule has 0 aromatic heterocycles. The molecule has 0 aliphatic carbocycles. The highest BCUT2D eigenvalue weighted by atomic mass is 32.2. The van der Waals surface area contributed by atoms with Crippen LogP contribution in [0.4, 0.5) is 0 Å². The van der Waals surface area contributed by atoms with Gasteiger partial charge >= 0.3 is 0 Å². The molecule has 1 aliphatic rings. The topological polar surface area (TPSA) is 9.23 Å². The highest BCUT2D eigenvalue weighted by Crippen LogP contribution is 2.20. The molecule has 7 heavy (non-hydrogen) atoms. The molecule has 1 unspecified atom stereocenters. The third-order valence-electron chi connectivity index (χ3n) is 0.822. The van der Waals surface area contributed by atoms with E-state index in [9.17, 15) is 0 Å². The van der Waals surface area contributed by atoms with Crippen LogP contribution in [0.2, 0.25) is 0 Å². The van der Waals surface area contributed by atoms with Crippen molar-refractivity contribution in [1.82, 2.24) is 0 Å². The molecule has 0 N–H and O–H groups in total. The molecule has 1 saturated heterocycles. The number of rotatable bonds is 1. The van der Waals surface area contributed by atoms with E-state index in [4.69, 9.17) is 4.74 Å². The van der Waals surface area contributed by atoms with Crippen LogP contribution in [0.1, 0.15) is 0 Å². The molecule has 1 nitrogen and oxygen atoms in total. The summed E-state index contributed by atoms with van der Waals surface area (Å²) >= 11 is 1.69. The van der Waals surface area contributed by atoms with Crippen molar-refractivity contribution < 1.29 is 4.74 Å². The molecule has 1 radical (unpaired) electrons. The van der Waals surface area contributed by atoms with Crippen molar-refractivity contribution in [1.29, 1.82) is 0 Å². The molecule has 1 atom stereocenters. The van der Waals surface area contributed by atoms with E-state index >= 15 is 0 Å². The van der Waals surface area contributed by atoms with E-state index in [1.165, 1.54) is 0 Å². The summed E-state index contributed by atoms with van der Waals surface area (Å²) in [5.74, 6) is 2.79. The van der Waals surface area contributed by atoms with Crippen LogP contribution >= 0.6 is 11.8 Å². The molecule has 1 fully saturated rings. The SMILES string of the molecule is C=CC1CS[CH]O1. The fraction of sp³-hybridized carbons (Fsp3) is 0.400. The fourth-order valence-corrected chi connectivity index (χ4v) is 1.11. The summed E-state index contributed by atoms with van der Waals surface area (Å²) in [4.78, 5) is 0. The van der Waals surface area contributed by atoms with Gasteiger partial charge in [0.05, 0.1) is 6.10 Å². The summed E-state index contributed by atoms with van der Waals surface area (Å²) in [5.41, 5.74) is 0. The maximum absolute atomic E-state index is 5.02. The minimum Gasteiger partial charge on any atom is -0.356 e. The van der Waals surface area contributed by atoms with Gasteiger partial charge in [0.15, 0.2) is 0 Å². The van der Waals surface area contributed by atoms with E-state index in [0.29, 0.717) is 0 Å². The first-order valence-corrected chi connectivity index (χ1v) is 3.19. The van der Waals surface area contributed by atoms with Gasteiger partial charge in [-0.1, -0.05) is 6.08 Å². The van der Waals surface area contributed by atoms with Gasteiger partial charge in [0.1, 0.15) is 5.94 Å². The minimum atomic E-state index is 0.269. The number of ether oxygens (including phenoxy) is 1. The van der Waals surface area contributed by atoms with Crippen LogP contribution in [0.5, 0.6) is 0 Å². The first-order valence-electron chi connectivity index (χ1n) is 2.15. The van der Waals surface area contributed by atoms with Crippen molar-refractivity contribution in [2.24, 2.45) is 0 Å². The van der Waals surface area contributed by atoms with Crippen molar-refractivity contribution >= 4 is 11.8 Å². The molecule has 2 heteroatoms. The zero-order chi connectivity index (χ0) is 5.11. The van der Waals surface area contributed by atoms with Gasteiger partial charge in [0.2, 0.25) is 0 Å². The Bertz CT molecular complexity index is 66.5. The van der Waals surface area contributed by atoms with Crippen LogP contribution in [-0.4, -0.2) is 11.9 Å². The van der Waals surface area contributed by atoms with Crippen LogP contribution in [0.15, 0.2) is 12.7 Å². The average Bonchev–Trinajstić information content (AvgIpc) is 2.14. The Kier molecular flexibility index (Phi) is 1.77. The largest absolute Gasteiger partial charge is 0.356 e. The van der Waals surface area contributed by atoms with Gasteiger partial charge in [-0.2, -0.15) is 0 Å². The number of hydrogen-bond acceptors (Lipinski definition) is 2. The molecule has 0 saturated carbocycles. The average molecular weight is 115 g/mol. The second kappa shape index (κ2) is 2.38. The highest BCUT2D eigenvalue weighted by molar-refractivity contribution is 8.01. The molecule has 1 heterocycles. The highest BCUT2D eigenvalue weighted by Gasteiger charge is 2.10. The standard InChI is InChI=1S/C5H7OS/c1-2-5-3-7-4-6-5/h2,4-5H,1,3H2. The van der Waals surface area contributed by atoms with Crippen LogP contribution in [0.25, 0.3) is 0 Å². The molecule has 1 aliphatic heterocycles. The number of hydrogen-bond donors (Lipinski definition) is 0. The molecular formula is C5H7OS. The Morgan fingerprint density at radius 3 is 3.14 bits per heavy atom. The van der Waals surface area contributed by atoms with E-state index in [-0.39, 0.29) is 6.10 Å². The lowest BCUT2D eigenvalue weighted by Gasteiger charge is -1.95. The molecule has 0 aromatic carbocycles. The molecule has 0 bridgehead atoms. The normalized spacial score (nSPS) is 30.6. The molecule has 39 valence electrons. The summed E-state index contributed by atoms with van der Waals surface area (Å²) < 4.78 is 5.02. The van der Waals surface area contributed by atoms with Gasteiger partial charge in [-0.05, 0) is 0 Å². The molecule has 0 aromatic rings. The van der Waals surface area contributed by atoms with Crippen molar-refractivity contribution in [3.8, 4) is 0 Å². The molecule has 0 spiro atoms. The summed E-state index contributed by atoms with van der Waals surface area (Å²) in [7, 11) is 0. The van der Waals surface area contributed by atoms with E-state index in [2.05, 4.69) is 6.58 Å². The minimum absolute atomic E-state index is 0.269. The number of thioether (sulfide) groups is 1. The summed E-state index contributed by atoms with van der Waals surface area (Å²) in [6, 6.07) is 0. The fourth-order valence-electron chi connectivity index (χ4n) is 0.408. The first-order chi connectivity index (χ1) is 3.43. The zero-order valence-corrected chi connectivity index (χ0v) is 4.78. The lowest BCUT2D eigenvalue weighted by atomic mass is 10.4. The first kappa shape index (κ1) is 5.19. The Hall–Kier alpha value is 0.0500. The Balaban J connectivity index is 2.26. The van der Waals surface area contributed by atoms with Gasteiger partial charge < -0.3 is 4.74 Å². The second-order valence-electron chi connectivity index (χ2n) is 1.34. The van der Waals surface area contributed by atoms with Gasteiger partial charge in [-0.25, -0.2) is 0 Å². The van der Waals surface area contributed by atoms with Gasteiger partial charge in [0, 0.05) is 5.75 Å². The van der Waals surface area contributed by atoms with E-state index in [1.807, 2.05) is 6.08 Å². The smallest absolute Gasteiger partial charge is 0.139 e. The molecule has 1 rings (SSSR count). The molecule has 0 amide bonds. The maximum atomic E-state index is 5.02. The zero-order valence-electron chi connectivity index (χ0n) is 3.96. The molecular weight excluding hydrogens is 108 g/mol. The summed E-state index contributed by atoms with van der Waals surface area (Å²) in [5, 5.41) is 0. The Labute approximate surface area is 47.7 Å². The lowest BCUT2D eigenvalue weighted by molar-refractivity contribution is 0.205. The Morgan fingerprint density at radius 1 is 2.00 bits per heavy atom. The van der Waals surface area contributed by atoms with Crippen molar-refractivity contribution in [2.75, 3.05) is 5.75 Å². The van der Waals surface area contributed by atoms with Crippen LogP contribution in [0.3, 0.4) is 0 Å². The lowest BCUT2D eigenvalue weighted by Crippen LogP contribution is -2.00. The van der Waals surface area contributed by atoms with Gasteiger partial charge in [-0.15, -0.1) is 18.3 Å².